The molecule has 19 heavy (non-hydrogen) atoms. The number of hydrogen-bond acceptors (Lipinski definition) is 6. The van der Waals surface area contributed by atoms with Crippen molar-refractivity contribution in [3.8, 4) is 0 Å². The second-order valence-electron chi connectivity index (χ2n) is 4.31. The first-order valence-corrected chi connectivity index (χ1v) is 6.68. The van der Waals surface area contributed by atoms with Gasteiger partial charge in [-0.1, -0.05) is 25.6 Å². The smallest absolute Gasteiger partial charge is 0.313 e. The third-order valence-electron chi connectivity index (χ3n) is 2.08. The Morgan fingerprint density at radius 1 is 1.47 bits per heavy atom. The summed E-state index contributed by atoms with van der Waals surface area (Å²) < 4.78 is 1.39. The van der Waals surface area contributed by atoms with E-state index in [1.54, 1.807) is 0 Å². The van der Waals surface area contributed by atoms with Crippen molar-refractivity contribution in [1.82, 2.24) is 20.1 Å². The van der Waals surface area contributed by atoms with Gasteiger partial charge < -0.3 is 16.2 Å². The van der Waals surface area contributed by atoms with Crippen LogP contribution in [-0.2, 0) is 16.1 Å². The molecule has 0 spiro atoms. The number of aromatic nitrogens is 3. The number of nitrogens with two attached hydrogens (primary N) is 1. The summed E-state index contributed by atoms with van der Waals surface area (Å²) in [4.78, 5) is 22.2. The molecule has 0 aliphatic rings. The summed E-state index contributed by atoms with van der Waals surface area (Å²) in [6.07, 6.45) is 0. The number of nitrogens with zero attached hydrogens (tertiary/aromatic N) is 3. The summed E-state index contributed by atoms with van der Waals surface area (Å²) in [7, 11) is 0. The summed E-state index contributed by atoms with van der Waals surface area (Å²) in [6, 6.07) is 0. The van der Waals surface area contributed by atoms with Gasteiger partial charge in [-0.2, -0.15) is 0 Å². The molecule has 1 rings (SSSR count). The molecular weight excluding hydrogens is 270 g/mol. The molecule has 1 amide bonds. The molecule has 0 unspecified atom stereocenters. The first-order valence-electron chi connectivity index (χ1n) is 5.70. The van der Waals surface area contributed by atoms with E-state index in [-0.39, 0.29) is 24.2 Å². The van der Waals surface area contributed by atoms with Crippen LogP contribution in [0.2, 0.25) is 0 Å². The topological polar surface area (TPSA) is 123 Å². The van der Waals surface area contributed by atoms with Crippen LogP contribution in [0, 0.1) is 5.92 Å². The van der Waals surface area contributed by atoms with Crippen molar-refractivity contribution in [3.05, 3.63) is 0 Å². The lowest BCUT2D eigenvalue weighted by Crippen LogP contribution is -2.31. The van der Waals surface area contributed by atoms with Gasteiger partial charge in [-0.3, -0.25) is 14.2 Å². The second-order valence-corrected chi connectivity index (χ2v) is 5.25. The number of anilines is 1. The molecule has 0 aliphatic carbocycles. The molecule has 0 aliphatic heterocycles. The number of amides is 1. The van der Waals surface area contributed by atoms with Gasteiger partial charge in [-0.25, -0.2) is 0 Å². The molecule has 106 valence electrons. The first kappa shape index (κ1) is 15.3. The fraction of sp³-hybridized carbons (Fsp3) is 0.600. The zero-order valence-corrected chi connectivity index (χ0v) is 11.6. The molecule has 0 aromatic carbocycles. The van der Waals surface area contributed by atoms with E-state index in [1.165, 1.54) is 4.57 Å². The fourth-order valence-electron chi connectivity index (χ4n) is 1.20. The van der Waals surface area contributed by atoms with Crippen LogP contribution in [-0.4, -0.2) is 44.0 Å². The average Bonchev–Trinajstić information content (AvgIpc) is 2.66. The highest BCUT2D eigenvalue weighted by molar-refractivity contribution is 7.99. The maximum absolute atomic E-state index is 11.7. The van der Waals surface area contributed by atoms with Crippen LogP contribution in [0.4, 0.5) is 5.95 Å². The zero-order chi connectivity index (χ0) is 14.4. The van der Waals surface area contributed by atoms with Gasteiger partial charge in [-0.15, -0.1) is 10.2 Å². The van der Waals surface area contributed by atoms with Crippen LogP contribution < -0.4 is 11.1 Å². The average molecular weight is 287 g/mol. The predicted molar refractivity (Wildman–Crippen MR) is 70.6 cm³/mol. The summed E-state index contributed by atoms with van der Waals surface area (Å²) >= 11 is 0.972. The lowest BCUT2D eigenvalue weighted by atomic mass is 10.2. The third kappa shape index (κ3) is 5.16. The number of carbonyl (C=O) groups is 2. The minimum Gasteiger partial charge on any atom is -0.481 e. The normalized spacial score (nSPS) is 10.7. The van der Waals surface area contributed by atoms with Crippen molar-refractivity contribution in [2.24, 2.45) is 5.92 Å². The molecule has 0 saturated carbocycles. The molecule has 0 bridgehead atoms. The van der Waals surface area contributed by atoms with Crippen molar-refractivity contribution >= 4 is 29.6 Å². The molecule has 4 N–H and O–H groups in total. The lowest BCUT2D eigenvalue weighted by molar-refractivity contribution is -0.133. The van der Waals surface area contributed by atoms with Crippen molar-refractivity contribution in [2.45, 2.75) is 25.5 Å². The van der Waals surface area contributed by atoms with Crippen molar-refractivity contribution in [2.75, 3.05) is 18.0 Å². The standard InChI is InChI=1S/C10H17N5O3S/c1-6(2)3-12-7(16)4-15-9(11)13-14-10(15)19-5-8(17)18/h6H,3-5H2,1-2H3,(H2,11,13)(H,12,16)(H,17,18). The summed E-state index contributed by atoms with van der Waals surface area (Å²) in [5.41, 5.74) is 5.60. The summed E-state index contributed by atoms with van der Waals surface area (Å²) in [5, 5.41) is 19.1. The minimum atomic E-state index is -0.970. The van der Waals surface area contributed by atoms with Crippen LogP contribution in [0.15, 0.2) is 5.16 Å². The lowest BCUT2D eigenvalue weighted by Gasteiger charge is -2.09. The van der Waals surface area contributed by atoms with Gasteiger partial charge in [0.1, 0.15) is 6.54 Å². The van der Waals surface area contributed by atoms with E-state index in [9.17, 15) is 9.59 Å². The van der Waals surface area contributed by atoms with E-state index in [0.717, 1.165) is 11.8 Å². The maximum Gasteiger partial charge on any atom is 0.313 e. The quantitative estimate of drug-likeness (QED) is 0.594. The van der Waals surface area contributed by atoms with Gasteiger partial charge >= 0.3 is 5.97 Å². The highest BCUT2D eigenvalue weighted by atomic mass is 32.2. The van der Waals surface area contributed by atoms with E-state index >= 15 is 0 Å². The molecule has 0 saturated heterocycles. The van der Waals surface area contributed by atoms with E-state index in [1.807, 2.05) is 13.8 Å². The number of carboxylic acids is 1. The molecule has 1 heterocycles. The van der Waals surface area contributed by atoms with Gasteiger partial charge in [0.25, 0.3) is 0 Å². The molecular formula is C10H17N5O3S. The molecule has 0 atom stereocenters. The van der Waals surface area contributed by atoms with Crippen molar-refractivity contribution in [1.29, 1.82) is 0 Å². The van der Waals surface area contributed by atoms with Gasteiger partial charge in [0.2, 0.25) is 11.9 Å². The van der Waals surface area contributed by atoms with E-state index < -0.39 is 5.97 Å². The van der Waals surface area contributed by atoms with E-state index in [4.69, 9.17) is 10.8 Å². The van der Waals surface area contributed by atoms with Gasteiger partial charge in [0.15, 0.2) is 5.16 Å². The van der Waals surface area contributed by atoms with Crippen LogP contribution >= 0.6 is 11.8 Å². The number of thioether (sulfide) groups is 1. The van der Waals surface area contributed by atoms with Crippen LogP contribution in [0.3, 0.4) is 0 Å². The molecule has 0 fully saturated rings. The zero-order valence-electron chi connectivity index (χ0n) is 10.8. The number of rotatable bonds is 7. The largest absolute Gasteiger partial charge is 0.481 e. The van der Waals surface area contributed by atoms with Crippen LogP contribution in [0.1, 0.15) is 13.8 Å². The molecule has 1 aromatic heterocycles. The highest BCUT2D eigenvalue weighted by Gasteiger charge is 2.14. The number of carbonyl (C=O) groups excluding carboxylic acids is 1. The molecule has 0 radical (unpaired) electrons. The Morgan fingerprint density at radius 3 is 2.74 bits per heavy atom. The Balaban J connectivity index is 2.63. The second kappa shape index (κ2) is 6.98. The number of aliphatic carboxylic acids is 1. The van der Waals surface area contributed by atoms with E-state index in [0.29, 0.717) is 17.6 Å². The van der Waals surface area contributed by atoms with Crippen LogP contribution in [0.25, 0.3) is 0 Å². The Hall–Kier alpha value is -1.77. The highest BCUT2D eigenvalue weighted by Crippen LogP contribution is 2.17. The Labute approximate surface area is 114 Å². The van der Waals surface area contributed by atoms with E-state index in [2.05, 4.69) is 15.5 Å². The SMILES string of the molecule is CC(C)CNC(=O)Cn1c(N)nnc1SCC(=O)O. The third-order valence-corrected chi connectivity index (χ3v) is 3.03. The predicted octanol–water partition coefficient (Wildman–Crippen LogP) is -0.191. The maximum atomic E-state index is 11.7. The molecule has 9 heteroatoms. The van der Waals surface area contributed by atoms with Gasteiger partial charge in [0.05, 0.1) is 5.75 Å². The summed E-state index contributed by atoms with van der Waals surface area (Å²) in [6.45, 7) is 4.52. The van der Waals surface area contributed by atoms with Crippen LogP contribution in [0.5, 0.6) is 0 Å². The Bertz CT molecular complexity index is 460. The first-order chi connectivity index (χ1) is 8.90. The molecule has 8 nitrogen and oxygen atoms in total. The van der Waals surface area contributed by atoms with Gasteiger partial charge in [-0.05, 0) is 5.92 Å². The van der Waals surface area contributed by atoms with Gasteiger partial charge in [0, 0.05) is 6.54 Å². The van der Waals surface area contributed by atoms with Crippen molar-refractivity contribution < 1.29 is 14.7 Å². The number of carboxylic acid groups (broad SMARTS) is 1. The molecule has 1 aromatic rings. The summed E-state index contributed by atoms with van der Waals surface area (Å²) in [5.74, 6) is -0.901. The minimum absolute atomic E-state index is 0.0203. The number of nitrogens with one attached hydrogen (secondary N) is 1. The van der Waals surface area contributed by atoms with Crippen molar-refractivity contribution in [3.63, 3.8) is 0 Å². The number of nitrogen functional groups attached to an aromatic ring is 1. The number of hydrogen-bond donors (Lipinski definition) is 3. The Kier molecular flexibility index (Phi) is 5.61. The monoisotopic (exact) mass is 287 g/mol. The Morgan fingerprint density at radius 2 is 2.16 bits per heavy atom. The fourth-order valence-corrected chi connectivity index (χ4v) is 1.86.